The molecule has 130 valence electrons. The van der Waals surface area contributed by atoms with Gasteiger partial charge in [-0.15, -0.1) is 0 Å². The summed E-state index contributed by atoms with van der Waals surface area (Å²) in [5.41, 5.74) is 8.55. The van der Waals surface area contributed by atoms with Crippen molar-refractivity contribution in [3.05, 3.63) is 59.7 Å². The van der Waals surface area contributed by atoms with Crippen LogP contribution in [0.4, 0.5) is 0 Å². The number of rotatable bonds is 9. The second kappa shape index (κ2) is 9.45. The molecule has 0 saturated carbocycles. The van der Waals surface area contributed by atoms with Gasteiger partial charge in [-0.25, -0.2) is 0 Å². The van der Waals surface area contributed by atoms with E-state index < -0.39 is 0 Å². The summed E-state index contributed by atoms with van der Waals surface area (Å²) in [7, 11) is 2.15. The number of likely N-dealkylation sites (N-methyl/N-ethyl adjacent to an activating group) is 1. The van der Waals surface area contributed by atoms with Gasteiger partial charge in [-0.1, -0.05) is 44.5 Å². The molecule has 0 aliphatic heterocycles. The highest BCUT2D eigenvalue weighted by Crippen LogP contribution is 2.25. The first-order valence-electron chi connectivity index (χ1n) is 8.95. The van der Waals surface area contributed by atoms with Gasteiger partial charge in [0.05, 0.1) is 0 Å². The maximum absolute atomic E-state index is 5.99. The highest BCUT2D eigenvalue weighted by atomic mass is 16.5. The van der Waals surface area contributed by atoms with Gasteiger partial charge in [0.1, 0.15) is 11.5 Å². The van der Waals surface area contributed by atoms with E-state index in [-0.39, 0.29) is 6.04 Å². The Morgan fingerprint density at radius 2 is 1.54 bits per heavy atom. The van der Waals surface area contributed by atoms with Crippen LogP contribution in [0.2, 0.25) is 0 Å². The summed E-state index contributed by atoms with van der Waals surface area (Å²) < 4.78 is 5.93. The molecule has 0 fully saturated rings. The van der Waals surface area contributed by atoms with Gasteiger partial charge in [0.15, 0.2) is 0 Å². The summed E-state index contributed by atoms with van der Waals surface area (Å²) in [5.74, 6) is 1.73. The van der Waals surface area contributed by atoms with Crippen LogP contribution in [0.5, 0.6) is 11.5 Å². The van der Waals surface area contributed by atoms with Gasteiger partial charge in [-0.05, 0) is 61.8 Å². The molecule has 3 heteroatoms. The molecule has 2 aromatic carbocycles. The van der Waals surface area contributed by atoms with Crippen molar-refractivity contribution >= 4 is 0 Å². The van der Waals surface area contributed by atoms with Gasteiger partial charge in [0.25, 0.3) is 0 Å². The maximum atomic E-state index is 5.99. The fraction of sp³-hybridized carbons (Fsp3) is 0.429. The number of hydrogen-bond donors (Lipinski definition) is 1. The molecule has 0 bridgehead atoms. The Morgan fingerprint density at radius 3 is 2.04 bits per heavy atom. The lowest BCUT2D eigenvalue weighted by Gasteiger charge is -2.27. The van der Waals surface area contributed by atoms with Gasteiger partial charge >= 0.3 is 0 Å². The second-order valence-electron chi connectivity index (χ2n) is 6.25. The lowest BCUT2D eigenvalue weighted by Crippen LogP contribution is -2.31. The van der Waals surface area contributed by atoms with E-state index in [1.807, 2.05) is 24.3 Å². The first-order chi connectivity index (χ1) is 11.7. The molecule has 0 spiro atoms. The molecule has 0 aromatic heterocycles. The predicted molar refractivity (Wildman–Crippen MR) is 102 cm³/mol. The average molecular weight is 326 g/mol. The van der Waals surface area contributed by atoms with E-state index >= 15 is 0 Å². The van der Waals surface area contributed by atoms with Crippen LogP contribution in [0.1, 0.15) is 43.9 Å². The largest absolute Gasteiger partial charge is 0.457 e. The number of nitrogens with zero attached hydrogens (tertiary/aromatic N) is 1. The maximum Gasteiger partial charge on any atom is 0.127 e. The second-order valence-corrected chi connectivity index (χ2v) is 6.25. The van der Waals surface area contributed by atoms with Crippen molar-refractivity contribution in [2.45, 2.75) is 39.2 Å². The van der Waals surface area contributed by atoms with Crippen LogP contribution >= 0.6 is 0 Å². The van der Waals surface area contributed by atoms with Gasteiger partial charge in [0, 0.05) is 12.6 Å². The fourth-order valence-corrected chi connectivity index (χ4v) is 2.82. The molecule has 2 N–H and O–H groups in total. The Bertz CT molecular complexity index is 592. The molecule has 0 saturated heterocycles. The minimum absolute atomic E-state index is 0.259. The third-order valence-corrected chi connectivity index (χ3v) is 4.45. The number of nitrogens with two attached hydrogens (primary N) is 1. The third-order valence-electron chi connectivity index (χ3n) is 4.45. The fourth-order valence-electron chi connectivity index (χ4n) is 2.82. The van der Waals surface area contributed by atoms with Gasteiger partial charge in [-0.3, -0.25) is 4.90 Å². The Hall–Kier alpha value is -1.84. The molecule has 0 aliphatic carbocycles. The van der Waals surface area contributed by atoms with Crippen LogP contribution in [-0.2, 0) is 6.42 Å². The first kappa shape index (κ1) is 18.5. The molecule has 0 amide bonds. The van der Waals surface area contributed by atoms with E-state index in [2.05, 4.69) is 50.1 Å². The lowest BCUT2D eigenvalue weighted by molar-refractivity contribution is 0.246. The van der Waals surface area contributed by atoms with E-state index in [4.69, 9.17) is 10.5 Å². The normalized spacial score (nSPS) is 12.4. The molecule has 0 radical (unpaired) electrons. The van der Waals surface area contributed by atoms with Gasteiger partial charge in [0.2, 0.25) is 0 Å². The van der Waals surface area contributed by atoms with E-state index in [9.17, 15) is 0 Å². The monoisotopic (exact) mass is 326 g/mol. The molecule has 1 unspecified atom stereocenters. The van der Waals surface area contributed by atoms with Crippen molar-refractivity contribution in [3.8, 4) is 11.5 Å². The number of hydrogen-bond acceptors (Lipinski definition) is 3. The summed E-state index contributed by atoms with van der Waals surface area (Å²) in [6.07, 6.45) is 3.44. The van der Waals surface area contributed by atoms with Crippen LogP contribution in [0, 0.1) is 0 Å². The molecule has 2 rings (SSSR count). The minimum atomic E-state index is 0.259. The molecule has 2 aromatic rings. The predicted octanol–water partition coefficient (Wildman–Crippen LogP) is 4.77. The van der Waals surface area contributed by atoms with Crippen LogP contribution in [-0.4, -0.2) is 25.0 Å². The zero-order valence-corrected chi connectivity index (χ0v) is 15.2. The molecule has 0 heterocycles. The highest BCUT2D eigenvalue weighted by Gasteiger charge is 2.14. The van der Waals surface area contributed by atoms with E-state index in [1.165, 1.54) is 24.0 Å². The number of benzene rings is 2. The van der Waals surface area contributed by atoms with Crippen molar-refractivity contribution < 1.29 is 4.74 Å². The molecule has 24 heavy (non-hydrogen) atoms. The zero-order valence-electron chi connectivity index (χ0n) is 15.2. The topological polar surface area (TPSA) is 38.5 Å². The van der Waals surface area contributed by atoms with E-state index in [1.54, 1.807) is 0 Å². The van der Waals surface area contributed by atoms with Crippen molar-refractivity contribution in [3.63, 3.8) is 0 Å². The Morgan fingerprint density at radius 1 is 0.958 bits per heavy atom. The zero-order chi connectivity index (χ0) is 17.4. The van der Waals surface area contributed by atoms with Gasteiger partial charge in [-0.2, -0.15) is 0 Å². The molecule has 3 nitrogen and oxygen atoms in total. The standard InChI is InChI=1S/C21H30N2O/c1-4-6-15-23(3)21(16-22)18-9-13-20(14-10-18)24-19-11-7-17(5-2)8-12-19/h7-14,21H,4-6,15-16,22H2,1-3H3. The molecular formula is C21H30N2O. The van der Waals surface area contributed by atoms with E-state index in [0.717, 1.165) is 24.5 Å². The smallest absolute Gasteiger partial charge is 0.127 e. The quantitative estimate of drug-likeness (QED) is 0.721. The van der Waals surface area contributed by atoms with Gasteiger partial charge < -0.3 is 10.5 Å². The Labute approximate surface area is 146 Å². The van der Waals surface area contributed by atoms with Crippen molar-refractivity contribution in [2.24, 2.45) is 5.73 Å². The number of unbranched alkanes of at least 4 members (excludes halogenated alkanes) is 1. The summed E-state index contributed by atoms with van der Waals surface area (Å²) >= 11 is 0. The van der Waals surface area contributed by atoms with Crippen molar-refractivity contribution in [1.82, 2.24) is 4.90 Å². The van der Waals surface area contributed by atoms with Crippen LogP contribution < -0.4 is 10.5 Å². The SMILES string of the molecule is CCCCN(C)C(CN)c1ccc(Oc2ccc(CC)cc2)cc1. The van der Waals surface area contributed by atoms with Crippen molar-refractivity contribution in [2.75, 3.05) is 20.1 Å². The Kier molecular flexibility index (Phi) is 7.29. The first-order valence-corrected chi connectivity index (χ1v) is 8.95. The Balaban J connectivity index is 2.02. The summed E-state index contributed by atoms with van der Waals surface area (Å²) in [5, 5.41) is 0. The lowest BCUT2D eigenvalue weighted by atomic mass is 10.1. The third kappa shape index (κ3) is 5.08. The molecular weight excluding hydrogens is 296 g/mol. The summed E-state index contributed by atoms with van der Waals surface area (Å²) in [4.78, 5) is 2.34. The van der Waals surface area contributed by atoms with E-state index in [0.29, 0.717) is 6.54 Å². The average Bonchev–Trinajstić information content (AvgIpc) is 2.62. The minimum Gasteiger partial charge on any atom is -0.457 e. The van der Waals surface area contributed by atoms with Crippen LogP contribution in [0.25, 0.3) is 0 Å². The summed E-state index contributed by atoms with van der Waals surface area (Å²) in [6, 6.07) is 16.8. The van der Waals surface area contributed by atoms with Crippen LogP contribution in [0.15, 0.2) is 48.5 Å². The summed E-state index contributed by atoms with van der Waals surface area (Å²) in [6.45, 7) is 6.06. The molecule has 0 aliphatic rings. The number of ether oxygens (including phenoxy) is 1. The van der Waals surface area contributed by atoms with Crippen LogP contribution in [0.3, 0.4) is 0 Å². The molecule has 1 atom stereocenters. The van der Waals surface area contributed by atoms with Crippen molar-refractivity contribution in [1.29, 1.82) is 0 Å². The number of aryl methyl sites for hydroxylation is 1. The highest BCUT2D eigenvalue weighted by molar-refractivity contribution is 5.35.